The maximum atomic E-state index is 4.88. The van der Waals surface area contributed by atoms with E-state index < -0.39 is 0 Å². The maximum absolute atomic E-state index is 4.88. The molecule has 0 bridgehead atoms. The lowest BCUT2D eigenvalue weighted by atomic mass is 9.86. The molecule has 1 atom stereocenters. The van der Waals surface area contributed by atoms with Crippen molar-refractivity contribution in [3.63, 3.8) is 0 Å². The predicted octanol–water partition coefficient (Wildman–Crippen LogP) is 4.04. The lowest BCUT2D eigenvalue weighted by Gasteiger charge is -2.26. The Morgan fingerprint density at radius 1 is 1.00 bits per heavy atom. The fraction of sp³-hybridized carbons (Fsp3) is 0.812. The molecule has 0 radical (unpaired) electrons. The van der Waals surface area contributed by atoms with Crippen LogP contribution in [0, 0.1) is 5.92 Å². The minimum absolute atomic E-state index is 0.571. The molecule has 2 fully saturated rings. The van der Waals surface area contributed by atoms with Crippen molar-refractivity contribution in [2.45, 2.75) is 81.0 Å². The van der Waals surface area contributed by atoms with Crippen molar-refractivity contribution < 1.29 is 0 Å². The summed E-state index contributed by atoms with van der Waals surface area (Å²) in [7, 11) is 0. The first kappa shape index (κ1) is 13.8. The van der Waals surface area contributed by atoms with E-state index in [9.17, 15) is 0 Å². The molecule has 2 aliphatic carbocycles. The molecule has 4 nitrogen and oxygen atoms in total. The van der Waals surface area contributed by atoms with Gasteiger partial charge in [0.2, 0.25) is 5.16 Å². The minimum atomic E-state index is 0.571. The van der Waals surface area contributed by atoms with E-state index in [2.05, 4.69) is 10.2 Å². The third-order valence-corrected chi connectivity index (χ3v) is 6.43. The van der Waals surface area contributed by atoms with Gasteiger partial charge >= 0.3 is 0 Å². The summed E-state index contributed by atoms with van der Waals surface area (Å²) in [6, 6.07) is 0. The van der Waals surface area contributed by atoms with Gasteiger partial charge in [0.25, 0.3) is 0 Å². The van der Waals surface area contributed by atoms with E-state index in [0.29, 0.717) is 5.25 Å². The van der Waals surface area contributed by atoms with Crippen LogP contribution in [0.15, 0.2) is 10.3 Å². The molecule has 1 aliphatic heterocycles. The first-order chi connectivity index (χ1) is 10.4. The summed E-state index contributed by atoms with van der Waals surface area (Å²) in [6.07, 6.45) is 14.4. The zero-order valence-electron chi connectivity index (χ0n) is 12.6. The number of hydrogen-bond acceptors (Lipinski definition) is 4. The van der Waals surface area contributed by atoms with E-state index >= 15 is 0 Å². The van der Waals surface area contributed by atoms with Crippen molar-refractivity contribution in [3.05, 3.63) is 5.82 Å². The molecule has 0 amide bonds. The molecule has 0 aromatic carbocycles. The number of aryl methyl sites for hydroxylation is 1. The molecule has 0 saturated heterocycles. The fourth-order valence-electron chi connectivity index (χ4n) is 3.90. The zero-order valence-corrected chi connectivity index (χ0v) is 13.4. The molecule has 4 rings (SSSR count). The quantitative estimate of drug-likeness (QED) is 0.846. The Bertz CT molecular complexity index is 530. The molecule has 2 heterocycles. The average molecular weight is 304 g/mol. The minimum Gasteiger partial charge on any atom is -0.191 e. The van der Waals surface area contributed by atoms with Crippen LogP contribution in [0.1, 0.15) is 70.0 Å². The summed E-state index contributed by atoms with van der Waals surface area (Å²) in [4.78, 5) is 0. The highest BCUT2D eigenvalue weighted by atomic mass is 32.2. The van der Waals surface area contributed by atoms with Crippen LogP contribution >= 0.6 is 11.8 Å². The van der Waals surface area contributed by atoms with Crippen LogP contribution in [0.25, 0.3) is 0 Å². The number of thioether (sulfide) groups is 1. The number of hydrogen-bond donors (Lipinski definition) is 0. The number of nitrogens with zero attached hydrogens (tertiary/aromatic N) is 4. The highest BCUT2D eigenvalue weighted by molar-refractivity contribution is 8.00. The number of rotatable bonds is 3. The van der Waals surface area contributed by atoms with Gasteiger partial charge in [0.1, 0.15) is 0 Å². The van der Waals surface area contributed by atoms with Gasteiger partial charge in [-0.15, -0.1) is 10.2 Å². The smallest absolute Gasteiger partial charge is 0.191 e. The summed E-state index contributed by atoms with van der Waals surface area (Å²) in [5.41, 5.74) is 1.37. The van der Waals surface area contributed by atoms with Crippen LogP contribution in [0.5, 0.6) is 0 Å². The topological polar surface area (TPSA) is 43.1 Å². The largest absolute Gasteiger partial charge is 0.212 e. The van der Waals surface area contributed by atoms with Gasteiger partial charge in [0.05, 0.1) is 11.0 Å². The molecule has 21 heavy (non-hydrogen) atoms. The van der Waals surface area contributed by atoms with Crippen molar-refractivity contribution in [3.8, 4) is 0 Å². The van der Waals surface area contributed by atoms with Crippen LogP contribution in [0.4, 0.5) is 0 Å². The van der Waals surface area contributed by atoms with Gasteiger partial charge in [0.15, 0.2) is 5.82 Å². The monoisotopic (exact) mass is 304 g/mol. The Labute approximate surface area is 130 Å². The normalized spacial score (nSPS) is 26.1. The fourth-order valence-corrected chi connectivity index (χ4v) is 5.07. The van der Waals surface area contributed by atoms with Crippen LogP contribution in [-0.2, 0) is 6.42 Å². The molecule has 1 aromatic rings. The number of aromatic nitrogens is 3. The summed E-state index contributed by atoms with van der Waals surface area (Å²) in [6.45, 7) is 0. The second-order valence-electron chi connectivity index (χ2n) is 6.70. The Hall–Kier alpha value is -0.840. The lowest BCUT2D eigenvalue weighted by molar-refractivity contribution is 0.336. The van der Waals surface area contributed by atoms with Crippen molar-refractivity contribution in [1.82, 2.24) is 14.9 Å². The molecule has 1 unspecified atom stereocenters. The molecular weight excluding hydrogens is 280 g/mol. The Balaban J connectivity index is 1.46. The Morgan fingerprint density at radius 3 is 2.76 bits per heavy atom. The van der Waals surface area contributed by atoms with E-state index in [0.717, 1.165) is 29.7 Å². The molecule has 0 N–H and O–H groups in total. The van der Waals surface area contributed by atoms with Crippen LogP contribution < -0.4 is 0 Å². The summed E-state index contributed by atoms with van der Waals surface area (Å²) in [5, 5.41) is 15.3. The summed E-state index contributed by atoms with van der Waals surface area (Å²) in [5.74, 6) is 1.98. The first-order valence-electron chi connectivity index (χ1n) is 8.59. The van der Waals surface area contributed by atoms with Gasteiger partial charge < -0.3 is 0 Å². The van der Waals surface area contributed by atoms with Gasteiger partial charge in [-0.05, 0) is 31.6 Å². The predicted molar refractivity (Wildman–Crippen MR) is 85.9 cm³/mol. The van der Waals surface area contributed by atoms with Crippen molar-refractivity contribution in [1.29, 1.82) is 0 Å². The molecule has 0 spiro atoms. The number of fused-ring (bicyclic) bond motifs is 2. The third kappa shape index (κ3) is 2.89. The maximum Gasteiger partial charge on any atom is 0.212 e. The zero-order chi connectivity index (χ0) is 14.1. The summed E-state index contributed by atoms with van der Waals surface area (Å²) >= 11 is 1.88. The molecule has 2 saturated carbocycles. The first-order valence-corrected chi connectivity index (χ1v) is 9.47. The Kier molecular flexibility index (Phi) is 4.01. The standard InChI is InChI=1S/C16H24N4S/c1-2-6-12(7-3-1)10-11-15-17-18-16-20(15)19-13-8-4-5-9-14(13)21-16/h12,14H,1-11H2. The van der Waals surface area contributed by atoms with E-state index in [1.807, 2.05) is 16.4 Å². The highest BCUT2D eigenvalue weighted by Crippen LogP contribution is 2.35. The SMILES string of the molecule is C1CCC(CCc2nnc3n2N=C2CCCCC2S3)CC1. The van der Waals surface area contributed by atoms with E-state index in [-0.39, 0.29) is 0 Å². The third-order valence-electron chi connectivity index (χ3n) is 5.17. The van der Waals surface area contributed by atoms with Gasteiger partial charge in [-0.2, -0.15) is 9.78 Å². The molecule has 5 heteroatoms. The van der Waals surface area contributed by atoms with Crippen LogP contribution in [-0.4, -0.2) is 25.8 Å². The van der Waals surface area contributed by atoms with Gasteiger partial charge in [-0.25, -0.2) is 0 Å². The van der Waals surface area contributed by atoms with Crippen molar-refractivity contribution in [2.75, 3.05) is 0 Å². The highest BCUT2D eigenvalue weighted by Gasteiger charge is 2.29. The summed E-state index contributed by atoms with van der Waals surface area (Å²) < 4.78 is 2.05. The van der Waals surface area contributed by atoms with Crippen LogP contribution in [0.2, 0.25) is 0 Å². The van der Waals surface area contributed by atoms with Crippen molar-refractivity contribution in [2.24, 2.45) is 11.0 Å². The second-order valence-corrected chi connectivity index (χ2v) is 7.87. The second kappa shape index (κ2) is 6.11. The van der Waals surface area contributed by atoms with Crippen LogP contribution in [0.3, 0.4) is 0 Å². The van der Waals surface area contributed by atoms with Gasteiger partial charge in [0, 0.05) is 6.42 Å². The molecular formula is C16H24N4S. The molecule has 1 aromatic heterocycles. The van der Waals surface area contributed by atoms with Crippen molar-refractivity contribution >= 4 is 17.5 Å². The van der Waals surface area contributed by atoms with Gasteiger partial charge in [-0.3, -0.25) is 0 Å². The van der Waals surface area contributed by atoms with E-state index in [4.69, 9.17) is 5.10 Å². The van der Waals surface area contributed by atoms with E-state index in [1.165, 1.54) is 63.5 Å². The molecule has 114 valence electrons. The molecule has 3 aliphatic rings. The Morgan fingerprint density at radius 2 is 1.86 bits per heavy atom. The average Bonchev–Trinajstić information content (AvgIpc) is 2.94. The van der Waals surface area contributed by atoms with Gasteiger partial charge in [-0.1, -0.05) is 50.3 Å². The lowest BCUT2D eigenvalue weighted by Crippen LogP contribution is -2.27. The van der Waals surface area contributed by atoms with E-state index in [1.54, 1.807) is 0 Å².